The van der Waals surface area contributed by atoms with Gasteiger partial charge in [0.05, 0.1) is 24.8 Å². The van der Waals surface area contributed by atoms with Gasteiger partial charge in [-0.1, -0.05) is 29.8 Å². The van der Waals surface area contributed by atoms with Crippen molar-refractivity contribution in [3.05, 3.63) is 87.4 Å². The first-order chi connectivity index (χ1) is 15.4. The van der Waals surface area contributed by atoms with E-state index >= 15 is 0 Å². The zero-order chi connectivity index (χ0) is 22.8. The number of Topliss-reactive ketones (excluding diaryl/α,β-unsaturated/α-hetero) is 1. The molecule has 0 aliphatic carbocycles. The monoisotopic (exact) mass is 454 g/mol. The van der Waals surface area contributed by atoms with Crippen LogP contribution in [0, 0.1) is 12.7 Å². The predicted octanol–water partition coefficient (Wildman–Crippen LogP) is 6.00. The van der Waals surface area contributed by atoms with Gasteiger partial charge in [-0.3, -0.25) is 4.79 Å². The highest BCUT2D eigenvalue weighted by Gasteiger charge is 2.30. The molecule has 0 spiro atoms. The van der Waals surface area contributed by atoms with E-state index in [-0.39, 0.29) is 28.7 Å². The molecule has 0 bridgehead atoms. The highest BCUT2D eigenvalue weighted by atomic mass is 35.5. The fourth-order valence-electron chi connectivity index (χ4n) is 3.55. The number of hydrogen-bond donors (Lipinski definition) is 0. The topological polar surface area (TPSA) is 54.0 Å². The van der Waals surface area contributed by atoms with Crippen LogP contribution >= 0.6 is 11.6 Å². The number of aryl methyl sites for hydroxylation is 1. The highest BCUT2D eigenvalue weighted by molar-refractivity contribution is 6.31. The molecule has 4 rings (SSSR count). The van der Waals surface area contributed by atoms with Crippen LogP contribution in [0.25, 0.3) is 6.08 Å². The SMILES string of the molecule is COc1cccc(/C=C2\Oc3cc(OCc4c(F)cccc4Cl)cc(C)c3C2=O)c1OC. The normalized spacial score (nSPS) is 13.7. The summed E-state index contributed by atoms with van der Waals surface area (Å²) in [5.41, 5.74) is 2.04. The molecule has 0 atom stereocenters. The van der Waals surface area contributed by atoms with Crippen LogP contribution in [0.4, 0.5) is 4.39 Å². The summed E-state index contributed by atoms with van der Waals surface area (Å²) in [6.07, 6.45) is 1.61. The van der Waals surface area contributed by atoms with Crippen molar-refractivity contribution in [2.24, 2.45) is 0 Å². The summed E-state index contributed by atoms with van der Waals surface area (Å²) in [4.78, 5) is 13.0. The molecule has 1 aliphatic rings. The van der Waals surface area contributed by atoms with Crippen LogP contribution in [-0.2, 0) is 6.61 Å². The van der Waals surface area contributed by atoms with E-state index in [0.717, 1.165) is 0 Å². The molecular formula is C25H20ClFO5. The van der Waals surface area contributed by atoms with Crippen LogP contribution in [0.3, 0.4) is 0 Å². The number of halogens is 2. The number of para-hydroxylation sites is 1. The zero-order valence-electron chi connectivity index (χ0n) is 17.7. The largest absolute Gasteiger partial charge is 0.493 e. The Morgan fingerprint density at radius 3 is 2.59 bits per heavy atom. The molecule has 0 saturated carbocycles. The van der Waals surface area contributed by atoms with E-state index in [9.17, 15) is 9.18 Å². The molecule has 5 nitrogen and oxygen atoms in total. The molecule has 164 valence electrons. The van der Waals surface area contributed by atoms with Gasteiger partial charge in [-0.25, -0.2) is 4.39 Å². The van der Waals surface area contributed by atoms with Crippen molar-refractivity contribution in [1.29, 1.82) is 0 Å². The van der Waals surface area contributed by atoms with Crippen molar-refractivity contribution in [1.82, 2.24) is 0 Å². The Morgan fingerprint density at radius 1 is 1.09 bits per heavy atom. The Morgan fingerprint density at radius 2 is 1.88 bits per heavy atom. The Hall–Kier alpha value is -3.51. The van der Waals surface area contributed by atoms with Crippen molar-refractivity contribution < 1.29 is 28.1 Å². The van der Waals surface area contributed by atoms with Crippen LogP contribution in [0.2, 0.25) is 5.02 Å². The maximum absolute atomic E-state index is 14.0. The molecule has 0 saturated heterocycles. The first kappa shape index (κ1) is 21.7. The molecule has 0 fully saturated rings. The molecular weight excluding hydrogens is 435 g/mol. The second-order valence-electron chi connectivity index (χ2n) is 7.12. The Bertz CT molecular complexity index is 1210. The smallest absolute Gasteiger partial charge is 0.232 e. The van der Waals surface area contributed by atoms with Gasteiger partial charge in [0.2, 0.25) is 5.78 Å². The number of carbonyl (C=O) groups excluding carboxylic acids is 1. The van der Waals surface area contributed by atoms with Gasteiger partial charge in [-0.15, -0.1) is 0 Å². The third-order valence-corrected chi connectivity index (χ3v) is 5.46. The van der Waals surface area contributed by atoms with Crippen molar-refractivity contribution in [2.75, 3.05) is 14.2 Å². The average molecular weight is 455 g/mol. The maximum Gasteiger partial charge on any atom is 0.232 e. The second kappa shape index (κ2) is 8.93. The molecule has 0 N–H and O–H groups in total. The minimum absolute atomic E-state index is 0.0542. The van der Waals surface area contributed by atoms with E-state index in [2.05, 4.69) is 0 Å². The molecule has 0 amide bonds. The summed E-state index contributed by atoms with van der Waals surface area (Å²) in [5.74, 6) is 1.32. The van der Waals surface area contributed by atoms with E-state index in [1.807, 2.05) is 0 Å². The van der Waals surface area contributed by atoms with Crippen LogP contribution in [0.1, 0.15) is 27.0 Å². The summed E-state index contributed by atoms with van der Waals surface area (Å²) in [7, 11) is 3.07. The number of rotatable bonds is 6. The number of allylic oxidation sites excluding steroid dienone is 1. The van der Waals surface area contributed by atoms with Crippen LogP contribution in [0.5, 0.6) is 23.0 Å². The molecule has 0 aromatic heterocycles. The Labute approximate surface area is 189 Å². The zero-order valence-corrected chi connectivity index (χ0v) is 18.5. The van der Waals surface area contributed by atoms with Gasteiger partial charge < -0.3 is 18.9 Å². The lowest BCUT2D eigenvalue weighted by Gasteiger charge is -2.11. The lowest BCUT2D eigenvalue weighted by molar-refractivity contribution is 0.101. The molecule has 1 aliphatic heterocycles. The fourth-order valence-corrected chi connectivity index (χ4v) is 3.77. The summed E-state index contributed by atoms with van der Waals surface area (Å²) in [6, 6.07) is 13.1. The Balaban J connectivity index is 1.62. The molecule has 32 heavy (non-hydrogen) atoms. The lowest BCUT2D eigenvalue weighted by Crippen LogP contribution is -2.01. The second-order valence-corrected chi connectivity index (χ2v) is 7.53. The molecule has 0 unspecified atom stereocenters. The number of hydrogen-bond acceptors (Lipinski definition) is 5. The van der Waals surface area contributed by atoms with Crippen LogP contribution in [-0.4, -0.2) is 20.0 Å². The third kappa shape index (κ3) is 4.01. The quantitative estimate of drug-likeness (QED) is 0.427. The minimum Gasteiger partial charge on any atom is -0.493 e. The summed E-state index contributed by atoms with van der Waals surface area (Å²) in [6.45, 7) is 1.74. The first-order valence-electron chi connectivity index (χ1n) is 9.78. The highest BCUT2D eigenvalue weighted by Crippen LogP contribution is 2.39. The summed E-state index contributed by atoms with van der Waals surface area (Å²) in [5, 5.41) is 0.284. The fraction of sp³-hybridized carbons (Fsp3) is 0.160. The molecule has 1 heterocycles. The molecule has 7 heteroatoms. The van der Waals surface area contributed by atoms with Gasteiger partial charge in [0.1, 0.15) is 23.9 Å². The lowest BCUT2D eigenvalue weighted by atomic mass is 10.0. The van der Waals surface area contributed by atoms with Gasteiger partial charge in [-0.2, -0.15) is 0 Å². The van der Waals surface area contributed by atoms with Gasteiger partial charge in [-0.05, 0) is 42.8 Å². The minimum atomic E-state index is -0.445. The third-order valence-electron chi connectivity index (χ3n) is 5.11. The first-order valence-corrected chi connectivity index (χ1v) is 10.2. The Kier molecular flexibility index (Phi) is 6.06. The van der Waals surface area contributed by atoms with Crippen molar-refractivity contribution >= 4 is 23.5 Å². The predicted molar refractivity (Wildman–Crippen MR) is 119 cm³/mol. The molecule has 3 aromatic carbocycles. The van der Waals surface area contributed by atoms with E-state index in [4.69, 9.17) is 30.5 Å². The number of benzene rings is 3. The van der Waals surface area contributed by atoms with E-state index in [1.54, 1.807) is 56.5 Å². The number of ketones is 1. The summed E-state index contributed by atoms with van der Waals surface area (Å²) < 4.78 is 36.4. The van der Waals surface area contributed by atoms with Gasteiger partial charge >= 0.3 is 0 Å². The van der Waals surface area contributed by atoms with Gasteiger partial charge in [0, 0.05) is 17.2 Å². The van der Waals surface area contributed by atoms with E-state index in [0.29, 0.717) is 39.7 Å². The van der Waals surface area contributed by atoms with Crippen molar-refractivity contribution in [3.63, 3.8) is 0 Å². The number of carbonyl (C=O) groups is 1. The van der Waals surface area contributed by atoms with Crippen molar-refractivity contribution in [3.8, 4) is 23.0 Å². The standard InChI is InChI=1S/C25H20ClFO5/c1-14-10-16(31-13-17-18(26)7-5-8-19(17)27)12-21-23(14)24(28)22(32-21)11-15-6-4-9-20(29-2)25(15)30-3/h4-12H,13H2,1-3H3/b22-11-. The molecule has 0 radical (unpaired) electrons. The summed E-state index contributed by atoms with van der Waals surface area (Å²) >= 11 is 6.07. The van der Waals surface area contributed by atoms with Crippen LogP contribution in [0.15, 0.2) is 54.3 Å². The number of ether oxygens (including phenoxy) is 4. The van der Waals surface area contributed by atoms with E-state index in [1.165, 1.54) is 19.2 Å². The maximum atomic E-state index is 14.0. The number of fused-ring (bicyclic) bond motifs is 1. The van der Waals surface area contributed by atoms with Gasteiger partial charge in [0.25, 0.3) is 0 Å². The molecule has 3 aromatic rings. The average Bonchev–Trinajstić information content (AvgIpc) is 3.08. The van der Waals surface area contributed by atoms with Crippen LogP contribution < -0.4 is 18.9 Å². The van der Waals surface area contributed by atoms with Gasteiger partial charge in [0.15, 0.2) is 17.3 Å². The van der Waals surface area contributed by atoms with Crippen molar-refractivity contribution in [2.45, 2.75) is 13.5 Å². The number of methoxy groups -OCH3 is 2. The van der Waals surface area contributed by atoms with E-state index < -0.39 is 5.82 Å².